The molecule has 0 aliphatic carbocycles. The third kappa shape index (κ3) is 4.55. The smallest absolute Gasteiger partial charge is 0.213 e. The van der Waals surface area contributed by atoms with Gasteiger partial charge in [-0.3, -0.25) is 0 Å². The minimum atomic E-state index is 0. The number of fused-ring (bicyclic) bond motifs is 4. The van der Waals surface area contributed by atoms with Crippen LogP contribution in [0.5, 0.6) is 23.0 Å². The van der Waals surface area contributed by atoms with Crippen molar-refractivity contribution in [2.75, 3.05) is 47.7 Å². The van der Waals surface area contributed by atoms with Crippen LogP contribution in [0.15, 0.2) is 36.5 Å². The second-order valence-electron chi connectivity index (χ2n) is 7.32. The highest BCUT2D eigenvalue weighted by Crippen LogP contribution is 2.40. The van der Waals surface area contributed by atoms with Crippen molar-refractivity contribution < 1.29 is 40.7 Å². The largest absolute Gasteiger partial charge is 1.00 e. The van der Waals surface area contributed by atoms with Crippen LogP contribution in [0.3, 0.4) is 0 Å². The Hall–Kier alpha value is -2.74. The van der Waals surface area contributed by atoms with E-state index in [0.29, 0.717) is 32.1 Å². The third-order valence-corrected chi connectivity index (χ3v) is 5.54. The fraction of sp³-hybridized carbons (Fsp3) is 0.375. The van der Waals surface area contributed by atoms with Gasteiger partial charge in [-0.15, -0.1) is 0 Å². The van der Waals surface area contributed by atoms with E-state index in [-0.39, 0.29) is 12.4 Å². The third-order valence-electron chi connectivity index (χ3n) is 5.54. The summed E-state index contributed by atoms with van der Waals surface area (Å²) in [6.07, 6.45) is 3.04. The number of aromatic nitrogens is 1. The molecule has 2 aromatic carbocycles. The molecule has 32 heavy (non-hydrogen) atoms. The van der Waals surface area contributed by atoms with Crippen LogP contribution in [0.1, 0.15) is 5.56 Å². The van der Waals surface area contributed by atoms with Crippen molar-refractivity contribution in [2.45, 2.75) is 13.0 Å². The SMILES string of the molecule is COc1cc2c(cc1OCCOCCN)CC[n+]1cc3c(OC)c(OC)ccc3cc1-2.[Cl-]. The number of halogens is 1. The zero-order chi connectivity index (χ0) is 21.8. The first-order valence-corrected chi connectivity index (χ1v) is 10.4. The van der Waals surface area contributed by atoms with Gasteiger partial charge in [-0.05, 0) is 35.2 Å². The molecule has 1 aromatic heterocycles. The molecule has 1 aliphatic rings. The zero-order valence-electron chi connectivity index (χ0n) is 18.7. The Bertz CT molecular complexity index is 1090. The maximum atomic E-state index is 5.93. The van der Waals surface area contributed by atoms with E-state index >= 15 is 0 Å². The molecule has 0 saturated carbocycles. The molecule has 0 radical (unpaired) electrons. The van der Waals surface area contributed by atoms with Crippen LogP contribution in [0.2, 0.25) is 0 Å². The van der Waals surface area contributed by atoms with Crippen molar-refractivity contribution in [1.29, 1.82) is 0 Å². The molecule has 0 unspecified atom stereocenters. The second-order valence-corrected chi connectivity index (χ2v) is 7.32. The molecular formula is C24H29ClN2O5. The number of benzene rings is 2. The first kappa shape index (κ1) is 23.9. The maximum absolute atomic E-state index is 5.93. The molecule has 1 aliphatic heterocycles. The van der Waals surface area contributed by atoms with Crippen LogP contribution in [-0.2, 0) is 17.7 Å². The summed E-state index contributed by atoms with van der Waals surface area (Å²) in [4.78, 5) is 0. The first-order chi connectivity index (χ1) is 15.2. The van der Waals surface area contributed by atoms with Crippen molar-refractivity contribution in [3.05, 3.63) is 42.1 Å². The van der Waals surface area contributed by atoms with Crippen LogP contribution in [0.25, 0.3) is 22.0 Å². The van der Waals surface area contributed by atoms with Crippen molar-refractivity contribution in [2.24, 2.45) is 5.73 Å². The highest BCUT2D eigenvalue weighted by molar-refractivity contribution is 5.91. The van der Waals surface area contributed by atoms with Crippen molar-refractivity contribution >= 4 is 10.8 Å². The molecular weight excluding hydrogens is 432 g/mol. The summed E-state index contributed by atoms with van der Waals surface area (Å²) < 4.78 is 30.3. The Morgan fingerprint density at radius 3 is 2.44 bits per heavy atom. The molecule has 8 heteroatoms. The quantitative estimate of drug-likeness (QED) is 0.350. The van der Waals surface area contributed by atoms with E-state index in [9.17, 15) is 0 Å². The minimum Gasteiger partial charge on any atom is -1.00 e. The Labute approximate surface area is 194 Å². The fourth-order valence-electron chi connectivity index (χ4n) is 4.05. The summed E-state index contributed by atoms with van der Waals surface area (Å²) in [5.74, 6) is 2.92. The average Bonchev–Trinajstić information content (AvgIpc) is 2.81. The predicted octanol–water partition coefficient (Wildman–Crippen LogP) is -0.266. The van der Waals surface area contributed by atoms with Gasteiger partial charge in [0.05, 0.1) is 45.5 Å². The lowest BCUT2D eigenvalue weighted by Gasteiger charge is -2.19. The summed E-state index contributed by atoms with van der Waals surface area (Å²) in [6, 6.07) is 10.3. The minimum absolute atomic E-state index is 0. The molecule has 0 fully saturated rings. The lowest BCUT2D eigenvalue weighted by molar-refractivity contribution is -0.686. The number of aryl methyl sites for hydroxylation is 2. The van der Waals surface area contributed by atoms with Gasteiger partial charge in [-0.1, -0.05) is 0 Å². The van der Waals surface area contributed by atoms with E-state index < -0.39 is 0 Å². The molecule has 0 bridgehead atoms. The second kappa shape index (κ2) is 10.7. The van der Waals surface area contributed by atoms with Crippen LogP contribution in [-0.4, -0.2) is 47.7 Å². The highest BCUT2D eigenvalue weighted by Gasteiger charge is 2.27. The Balaban J connectivity index is 0.00000289. The molecule has 0 spiro atoms. The summed E-state index contributed by atoms with van der Waals surface area (Å²) in [6.45, 7) is 2.85. The van der Waals surface area contributed by atoms with Crippen LogP contribution >= 0.6 is 0 Å². The number of hydrogen-bond acceptors (Lipinski definition) is 6. The van der Waals surface area contributed by atoms with Crippen molar-refractivity contribution in [1.82, 2.24) is 0 Å². The lowest BCUT2D eigenvalue weighted by Crippen LogP contribution is -3.00. The Kier molecular flexibility index (Phi) is 8.01. The number of methoxy groups -OCH3 is 3. The number of hydrogen-bond donors (Lipinski definition) is 1. The molecule has 3 aromatic rings. The lowest BCUT2D eigenvalue weighted by atomic mass is 9.95. The molecule has 2 N–H and O–H groups in total. The standard InChI is InChI=1S/C24H29N2O5.ClH/c1-27-21-5-4-16-12-20-18-14-22(28-2)23(31-11-10-30-9-7-25)13-17(18)6-8-26(20)15-19(16)24(21)29-3;/h4-5,12-15H,6-11,25H2,1-3H3;1H/q+1;/p-1. The monoisotopic (exact) mass is 460 g/mol. The van der Waals surface area contributed by atoms with Crippen LogP contribution < -0.4 is 41.7 Å². The average molecular weight is 461 g/mol. The van der Waals surface area contributed by atoms with Gasteiger partial charge >= 0.3 is 0 Å². The van der Waals surface area contributed by atoms with E-state index in [2.05, 4.69) is 35.0 Å². The Morgan fingerprint density at radius 2 is 1.72 bits per heavy atom. The zero-order valence-corrected chi connectivity index (χ0v) is 19.4. The molecule has 4 rings (SSSR count). The normalized spacial score (nSPS) is 11.9. The summed E-state index contributed by atoms with van der Waals surface area (Å²) in [5, 5.41) is 2.12. The molecule has 172 valence electrons. The Morgan fingerprint density at radius 1 is 0.906 bits per heavy atom. The molecule has 2 heterocycles. The maximum Gasteiger partial charge on any atom is 0.213 e. The summed E-state index contributed by atoms with van der Waals surface area (Å²) in [5.41, 5.74) is 8.96. The van der Waals surface area contributed by atoms with E-state index in [1.165, 1.54) is 5.56 Å². The van der Waals surface area contributed by atoms with Gasteiger partial charge in [0.25, 0.3) is 0 Å². The number of nitrogens with zero attached hydrogens (tertiary/aromatic N) is 1. The number of nitrogens with two attached hydrogens (primary N) is 1. The van der Waals surface area contributed by atoms with Crippen LogP contribution in [0, 0.1) is 0 Å². The van der Waals surface area contributed by atoms with Gasteiger partial charge < -0.3 is 41.8 Å². The van der Waals surface area contributed by atoms with Gasteiger partial charge in [-0.25, -0.2) is 0 Å². The van der Waals surface area contributed by atoms with Gasteiger partial charge in [0.2, 0.25) is 5.69 Å². The highest BCUT2D eigenvalue weighted by atomic mass is 35.5. The van der Waals surface area contributed by atoms with E-state index in [0.717, 1.165) is 52.2 Å². The topological polar surface area (TPSA) is 76.1 Å². The first-order valence-electron chi connectivity index (χ1n) is 10.4. The summed E-state index contributed by atoms with van der Waals surface area (Å²) >= 11 is 0. The molecule has 0 atom stereocenters. The van der Waals surface area contributed by atoms with E-state index in [4.69, 9.17) is 29.4 Å². The van der Waals surface area contributed by atoms with E-state index in [1.807, 2.05) is 6.07 Å². The molecule has 0 saturated heterocycles. The van der Waals surface area contributed by atoms with Gasteiger partial charge in [0.1, 0.15) is 6.61 Å². The van der Waals surface area contributed by atoms with Crippen molar-refractivity contribution in [3.63, 3.8) is 0 Å². The predicted molar refractivity (Wildman–Crippen MR) is 118 cm³/mol. The van der Waals surface area contributed by atoms with Gasteiger partial charge in [0, 0.05) is 19.0 Å². The molecule has 0 amide bonds. The fourth-order valence-corrected chi connectivity index (χ4v) is 4.05. The summed E-state index contributed by atoms with van der Waals surface area (Å²) in [7, 11) is 4.99. The van der Waals surface area contributed by atoms with Gasteiger partial charge in [-0.2, -0.15) is 4.57 Å². The van der Waals surface area contributed by atoms with Gasteiger partial charge in [0.15, 0.2) is 35.7 Å². The van der Waals surface area contributed by atoms with Crippen molar-refractivity contribution in [3.8, 4) is 34.3 Å². The number of rotatable bonds is 9. The number of ether oxygens (including phenoxy) is 5. The van der Waals surface area contributed by atoms with Crippen LogP contribution in [0.4, 0.5) is 0 Å². The molecule has 7 nitrogen and oxygen atoms in total. The number of pyridine rings is 1. The van der Waals surface area contributed by atoms with E-state index in [1.54, 1.807) is 21.3 Å².